The Bertz CT molecular complexity index is 1060. The fourth-order valence-electron chi connectivity index (χ4n) is 3.05. The van der Waals surface area contributed by atoms with E-state index in [4.69, 9.17) is 27.9 Å². The topological polar surface area (TPSA) is 69.0 Å². The van der Waals surface area contributed by atoms with Gasteiger partial charge in [-0.05, 0) is 49.2 Å². The quantitative estimate of drug-likeness (QED) is 0.390. The van der Waals surface area contributed by atoms with Gasteiger partial charge in [-0.1, -0.05) is 54.0 Å². The number of nitrogens with zero attached hydrogens (tertiary/aromatic N) is 3. The summed E-state index contributed by atoms with van der Waals surface area (Å²) in [5.41, 5.74) is 1.75. The summed E-state index contributed by atoms with van der Waals surface area (Å²) in [6, 6.07) is 12.7. The number of rotatable bonds is 9. The first kappa shape index (κ1) is 23.4. The number of hydrogen-bond donors (Lipinski definition) is 1. The van der Waals surface area contributed by atoms with Crippen LogP contribution in [0.25, 0.3) is 5.69 Å². The van der Waals surface area contributed by atoms with Gasteiger partial charge in [-0.25, -0.2) is 0 Å². The maximum absolute atomic E-state index is 12.1. The summed E-state index contributed by atoms with van der Waals surface area (Å²) >= 11 is 14.3. The Labute approximate surface area is 196 Å². The van der Waals surface area contributed by atoms with Crippen LogP contribution in [0.15, 0.2) is 47.6 Å². The van der Waals surface area contributed by atoms with Gasteiger partial charge in [-0.2, -0.15) is 0 Å². The van der Waals surface area contributed by atoms with Crippen LogP contribution < -0.4 is 10.1 Å². The van der Waals surface area contributed by atoms with E-state index in [0.717, 1.165) is 17.7 Å². The van der Waals surface area contributed by atoms with Gasteiger partial charge in [0.05, 0.1) is 23.9 Å². The molecule has 0 saturated carbocycles. The van der Waals surface area contributed by atoms with Crippen LogP contribution in [0.5, 0.6) is 5.75 Å². The van der Waals surface area contributed by atoms with E-state index in [9.17, 15) is 4.79 Å². The molecule has 164 valence electrons. The number of hydrogen-bond acceptors (Lipinski definition) is 5. The lowest BCUT2D eigenvalue weighted by Gasteiger charge is -2.17. The Balaban J connectivity index is 1.96. The third-order valence-electron chi connectivity index (χ3n) is 4.55. The van der Waals surface area contributed by atoms with Crippen LogP contribution in [0.2, 0.25) is 10.0 Å². The highest BCUT2D eigenvalue weighted by Crippen LogP contribution is 2.32. The van der Waals surface area contributed by atoms with Crippen LogP contribution >= 0.6 is 35.0 Å². The third-order valence-corrected chi connectivity index (χ3v) is 6.11. The van der Waals surface area contributed by atoms with Gasteiger partial charge in [0.1, 0.15) is 5.75 Å². The smallest absolute Gasteiger partial charge is 0.220 e. The van der Waals surface area contributed by atoms with E-state index in [0.29, 0.717) is 38.9 Å². The molecule has 9 heteroatoms. The fraction of sp³-hybridized carbons (Fsp3) is 0.318. The molecule has 6 nitrogen and oxygen atoms in total. The van der Waals surface area contributed by atoms with Gasteiger partial charge >= 0.3 is 0 Å². The van der Waals surface area contributed by atoms with Crippen molar-refractivity contribution in [2.45, 2.75) is 43.6 Å². The third kappa shape index (κ3) is 5.93. The first-order valence-corrected chi connectivity index (χ1v) is 11.6. The molecule has 1 atom stereocenters. The van der Waals surface area contributed by atoms with Crippen molar-refractivity contribution in [2.75, 3.05) is 7.11 Å². The monoisotopic (exact) mass is 478 g/mol. The average Bonchev–Trinajstić information content (AvgIpc) is 3.18. The molecule has 0 aliphatic heterocycles. The number of thioether (sulfide) groups is 1. The summed E-state index contributed by atoms with van der Waals surface area (Å²) in [4.78, 5) is 12.1. The summed E-state index contributed by atoms with van der Waals surface area (Å²) in [7, 11) is 1.64. The predicted molar refractivity (Wildman–Crippen MR) is 125 cm³/mol. The van der Waals surface area contributed by atoms with Crippen LogP contribution in [0.4, 0.5) is 0 Å². The molecule has 0 fully saturated rings. The standard InChI is InChI=1S/C22H24Cl2N4O2S/c1-4-6-20(29)25-14(2)21-26-27-22(28(21)19-12-16(23)9-10-18(19)24)31-13-15-7-5-8-17(11-15)30-3/h5,7-12,14H,4,6,13H2,1-3H3,(H,25,29). The number of ether oxygens (including phenoxy) is 1. The highest BCUT2D eigenvalue weighted by atomic mass is 35.5. The molecule has 0 radical (unpaired) electrons. The SMILES string of the molecule is CCCC(=O)NC(C)c1nnc(SCc2cccc(OC)c2)n1-c1cc(Cl)ccc1Cl. The molecule has 0 aliphatic carbocycles. The highest BCUT2D eigenvalue weighted by Gasteiger charge is 2.22. The Morgan fingerprint density at radius 3 is 2.77 bits per heavy atom. The molecule has 1 amide bonds. The Kier molecular flexibility index (Phi) is 8.23. The Hall–Kier alpha value is -2.22. The molecular formula is C22H24Cl2N4O2S. The molecule has 0 aliphatic rings. The lowest BCUT2D eigenvalue weighted by molar-refractivity contribution is -0.121. The van der Waals surface area contributed by atoms with Gasteiger partial charge in [-0.15, -0.1) is 10.2 Å². The normalized spacial score (nSPS) is 11.9. The second-order valence-electron chi connectivity index (χ2n) is 6.95. The van der Waals surface area contributed by atoms with Crippen molar-refractivity contribution in [3.63, 3.8) is 0 Å². The van der Waals surface area contributed by atoms with E-state index in [1.165, 1.54) is 11.8 Å². The van der Waals surface area contributed by atoms with E-state index in [-0.39, 0.29) is 11.9 Å². The number of aromatic nitrogens is 3. The van der Waals surface area contributed by atoms with Crippen molar-refractivity contribution >= 4 is 40.9 Å². The van der Waals surface area contributed by atoms with Gasteiger partial charge in [0, 0.05) is 17.2 Å². The summed E-state index contributed by atoms with van der Waals surface area (Å²) in [5.74, 6) is 2.00. The molecule has 1 N–H and O–H groups in total. The molecule has 0 spiro atoms. The largest absolute Gasteiger partial charge is 0.497 e. The number of benzene rings is 2. The Morgan fingerprint density at radius 1 is 1.23 bits per heavy atom. The maximum atomic E-state index is 12.1. The van der Waals surface area contributed by atoms with Gasteiger partial charge in [0.25, 0.3) is 0 Å². The fourth-order valence-corrected chi connectivity index (χ4v) is 4.32. The highest BCUT2D eigenvalue weighted by molar-refractivity contribution is 7.98. The van der Waals surface area contributed by atoms with Crippen LogP contribution in [0, 0.1) is 0 Å². The first-order chi connectivity index (χ1) is 14.9. The summed E-state index contributed by atoms with van der Waals surface area (Å²) in [5, 5.41) is 13.5. The number of amides is 1. The number of nitrogens with one attached hydrogen (secondary N) is 1. The van der Waals surface area contributed by atoms with Gasteiger partial charge in [0.2, 0.25) is 5.91 Å². The van der Waals surface area contributed by atoms with E-state index >= 15 is 0 Å². The molecule has 1 heterocycles. The maximum Gasteiger partial charge on any atom is 0.220 e. The second kappa shape index (κ2) is 10.9. The number of carbonyl (C=O) groups is 1. The minimum atomic E-state index is -0.354. The summed E-state index contributed by atoms with van der Waals surface area (Å²) < 4.78 is 7.16. The number of methoxy groups -OCH3 is 1. The van der Waals surface area contributed by atoms with E-state index in [2.05, 4.69) is 15.5 Å². The zero-order valence-corrected chi connectivity index (χ0v) is 19.9. The molecule has 3 aromatic rings. The molecule has 0 saturated heterocycles. The summed E-state index contributed by atoms with van der Waals surface area (Å²) in [6.45, 7) is 3.84. The van der Waals surface area contributed by atoms with Crippen LogP contribution in [-0.4, -0.2) is 27.8 Å². The predicted octanol–water partition coefficient (Wildman–Crippen LogP) is 5.85. The molecule has 2 aromatic carbocycles. The lowest BCUT2D eigenvalue weighted by Crippen LogP contribution is -2.28. The van der Waals surface area contributed by atoms with Crippen LogP contribution in [-0.2, 0) is 10.5 Å². The first-order valence-electron chi connectivity index (χ1n) is 9.88. The molecule has 31 heavy (non-hydrogen) atoms. The van der Waals surface area contributed by atoms with Crippen LogP contribution in [0.3, 0.4) is 0 Å². The van der Waals surface area contributed by atoms with Gasteiger partial charge in [0.15, 0.2) is 11.0 Å². The zero-order valence-electron chi connectivity index (χ0n) is 17.6. The van der Waals surface area contributed by atoms with Crippen molar-refractivity contribution in [1.82, 2.24) is 20.1 Å². The van der Waals surface area contributed by atoms with Crippen molar-refractivity contribution in [3.8, 4) is 11.4 Å². The van der Waals surface area contributed by atoms with Crippen LogP contribution in [0.1, 0.15) is 44.1 Å². The second-order valence-corrected chi connectivity index (χ2v) is 8.74. The molecule has 3 rings (SSSR count). The van der Waals surface area contributed by atoms with Crippen molar-refractivity contribution in [2.24, 2.45) is 0 Å². The molecule has 0 bridgehead atoms. The minimum Gasteiger partial charge on any atom is -0.497 e. The Morgan fingerprint density at radius 2 is 2.03 bits per heavy atom. The molecular weight excluding hydrogens is 455 g/mol. The van der Waals surface area contributed by atoms with Crippen molar-refractivity contribution in [1.29, 1.82) is 0 Å². The average molecular weight is 479 g/mol. The van der Waals surface area contributed by atoms with E-state index in [1.807, 2.05) is 42.7 Å². The van der Waals surface area contributed by atoms with E-state index < -0.39 is 0 Å². The number of halogens is 2. The van der Waals surface area contributed by atoms with Crippen molar-refractivity contribution < 1.29 is 9.53 Å². The van der Waals surface area contributed by atoms with Gasteiger partial charge < -0.3 is 10.1 Å². The summed E-state index contributed by atoms with van der Waals surface area (Å²) in [6.07, 6.45) is 1.22. The zero-order chi connectivity index (χ0) is 22.4. The minimum absolute atomic E-state index is 0.0349. The van der Waals surface area contributed by atoms with Gasteiger partial charge in [-0.3, -0.25) is 9.36 Å². The molecule has 1 aromatic heterocycles. The number of carbonyl (C=O) groups excluding carboxylic acids is 1. The van der Waals surface area contributed by atoms with Crippen molar-refractivity contribution in [3.05, 3.63) is 63.9 Å². The lowest BCUT2D eigenvalue weighted by atomic mass is 10.2. The van der Waals surface area contributed by atoms with E-state index in [1.54, 1.807) is 25.3 Å². The molecule has 1 unspecified atom stereocenters.